The van der Waals surface area contributed by atoms with E-state index in [2.05, 4.69) is 31.4 Å². The maximum atomic E-state index is 12.3. The van der Waals surface area contributed by atoms with Crippen molar-refractivity contribution in [2.75, 3.05) is 11.1 Å². The Morgan fingerprint density at radius 2 is 1.93 bits per heavy atom. The number of nitro benzene ring substituents is 1. The van der Waals surface area contributed by atoms with Gasteiger partial charge in [-0.1, -0.05) is 52.0 Å². The fraction of sp³-hybridized carbons (Fsp3) is 0.167. The summed E-state index contributed by atoms with van der Waals surface area (Å²) in [6, 6.07) is 13.8. The first kappa shape index (κ1) is 20.0. The average molecular weight is 462 g/mol. The number of nitrogens with zero attached hydrogens (tertiary/aromatic N) is 4. The molecule has 1 amide bonds. The highest BCUT2D eigenvalue weighted by Crippen LogP contribution is 2.26. The molecule has 3 rings (SSSR count). The molecule has 144 valence electrons. The number of para-hydroxylation sites is 2. The van der Waals surface area contributed by atoms with Gasteiger partial charge in [-0.2, -0.15) is 0 Å². The van der Waals surface area contributed by atoms with E-state index >= 15 is 0 Å². The Hall–Kier alpha value is -2.72. The van der Waals surface area contributed by atoms with Gasteiger partial charge in [-0.25, -0.2) is 0 Å². The second-order valence-electron chi connectivity index (χ2n) is 5.67. The maximum absolute atomic E-state index is 12.3. The Kier molecular flexibility index (Phi) is 6.42. The summed E-state index contributed by atoms with van der Waals surface area (Å²) in [4.78, 5) is 22.8. The maximum Gasteiger partial charge on any atom is 0.292 e. The Morgan fingerprint density at radius 3 is 2.61 bits per heavy atom. The predicted molar refractivity (Wildman–Crippen MR) is 111 cm³/mol. The van der Waals surface area contributed by atoms with Crippen LogP contribution in [0.1, 0.15) is 6.92 Å². The first-order chi connectivity index (χ1) is 13.5. The number of anilines is 1. The van der Waals surface area contributed by atoms with Crippen molar-refractivity contribution in [1.29, 1.82) is 0 Å². The van der Waals surface area contributed by atoms with Gasteiger partial charge >= 0.3 is 0 Å². The number of aromatic nitrogens is 3. The quantitative estimate of drug-likeness (QED) is 0.318. The molecule has 0 atom stereocenters. The first-order valence-corrected chi connectivity index (χ1v) is 10.1. The Balaban J connectivity index is 1.70. The molecule has 28 heavy (non-hydrogen) atoms. The molecule has 2 aromatic carbocycles. The highest BCUT2D eigenvalue weighted by atomic mass is 79.9. The topological polar surface area (TPSA) is 103 Å². The number of carbonyl (C=O) groups is 1. The van der Waals surface area contributed by atoms with Gasteiger partial charge < -0.3 is 9.88 Å². The fourth-order valence-electron chi connectivity index (χ4n) is 2.55. The average Bonchev–Trinajstić information content (AvgIpc) is 3.10. The van der Waals surface area contributed by atoms with E-state index in [4.69, 9.17) is 0 Å². The SMILES string of the molecule is CCn1c(SCC(=O)Nc2ccccc2[N+](=O)[O-])nnc1-c1ccc(Br)cc1. The lowest BCUT2D eigenvalue weighted by atomic mass is 10.2. The van der Waals surface area contributed by atoms with Crippen molar-refractivity contribution in [1.82, 2.24) is 14.8 Å². The lowest BCUT2D eigenvalue weighted by Crippen LogP contribution is -2.15. The van der Waals surface area contributed by atoms with Gasteiger partial charge in [-0.05, 0) is 25.1 Å². The van der Waals surface area contributed by atoms with Crippen LogP contribution < -0.4 is 5.32 Å². The summed E-state index contributed by atoms with van der Waals surface area (Å²) >= 11 is 4.64. The minimum atomic E-state index is -0.527. The third-order valence-electron chi connectivity index (χ3n) is 3.84. The molecule has 0 aliphatic heterocycles. The zero-order valence-electron chi connectivity index (χ0n) is 14.8. The molecular formula is C18H16BrN5O3S. The number of thioether (sulfide) groups is 1. The normalized spacial score (nSPS) is 10.6. The number of hydrogen-bond acceptors (Lipinski definition) is 6. The number of benzene rings is 2. The van der Waals surface area contributed by atoms with Crippen LogP contribution in [-0.4, -0.2) is 31.3 Å². The summed E-state index contributed by atoms with van der Waals surface area (Å²) in [5, 5.41) is 22.7. The van der Waals surface area contributed by atoms with Gasteiger partial charge in [0.05, 0.1) is 10.7 Å². The van der Waals surface area contributed by atoms with E-state index in [1.807, 2.05) is 35.8 Å². The molecule has 1 aromatic heterocycles. The smallest absolute Gasteiger partial charge is 0.292 e. The van der Waals surface area contributed by atoms with Crippen LogP contribution in [0.5, 0.6) is 0 Å². The van der Waals surface area contributed by atoms with Crippen molar-refractivity contribution in [3.63, 3.8) is 0 Å². The summed E-state index contributed by atoms with van der Waals surface area (Å²) in [5.41, 5.74) is 0.953. The summed E-state index contributed by atoms with van der Waals surface area (Å²) < 4.78 is 2.90. The second kappa shape index (κ2) is 8.98. The zero-order chi connectivity index (χ0) is 20.1. The van der Waals surface area contributed by atoms with Crippen molar-refractivity contribution in [3.05, 3.63) is 63.1 Å². The number of amides is 1. The minimum Gasteiger partial charge on any atom is -0.320 e. The molecule has 0 aliphatic rings. The van der Waals surface area contributed by atoms with Gasteiger partial charge in [0.15, 0.2) is 11.0 Å². The van der Waals surface area contributed by atoms with Crippen molar-refractivity contribution >= 4 is 45.0 Å². The van der Waals surface area contributed by atoms with Crippen LogP contribution in [-0.2, 0) is 11.3 Å². The predicted octanol–water partition coefficient (Wildman–Crippen LogP) is 4.37. The highest BCUT2D eigenvalue weighted by Gasteiger charge is 2.17. The van der Waals surface area contributed by atoms with Crippen LogP contribution in [0.25, 0.3) is 11.4 Å². The lowest BCUT2D eigenvalue weighted by molar-refractivity contribution is -0.383. The van der Waals surface area contributed by atoms with Crippen LogP contribution in [0.4, 0.5) is 11.4 Å². The molecule has 10 heteroatoms. The Bertz CT molecular complexity index is 1010. The minimum absolute atomic E-state index is 0.0600. The van der Waals surface area contributed by atoms with Gasteiger partial charge in [0.1, 0.15) is 5.69 Å². The number of hydrogen-bond donors (Lipinski definition) is 1. The Labute approximate surface area is 173 Å². The monoisotopic (exact) mass is 461 g/mol. The summed E-state index contributed by atoms with van der Waals surface area (Å²) in [6.45, 7) is 2.62. The van der Waals surface area contributed by atoms with E-state index in [0.717, 1.165) is 15.9 Å². The van der Waals surface area contributed by atoms with Crippen molar-refractivity contribution in [2.24, 2.45) is 0 Å². The Morgan fingerprint density at radius 1 is 1.21 bits per heavy atom. The molecule has 0 fully saturated rings. The van der Waals surface area contributed by atoms with Crippen LogP contribution in [0, 0.1) is 10.1 Å². The number of halogens is 1. The van der Waals surface area contributed by atoms with E-state index in [-0.39, 0.29) is 23.0 Å². The second-order valence-corrected chi connectivity index (χ2v) is 7.53. The molecule has 3 aromatic rings. The fourth-order valence-corrected chi connectivity index (χ4v) is 3.61. The molecule has 0 radical (unpaired) electrons. The molecule has 0 bridgehead atoms. The van der Waals surface area contributed by atoms with Crippen LogP contribution in [0.15, 0.2) is 58.2 Å². The van der Waals surface area contributed by atoms with E-state index < -0.39 is 4.92 Å². The number of nitro groups is 1. The lowest BCUT2D eigenvalue weighted by Gasteiger charge is -2.08. The molecule has 0 spiro atoms. The zero-order valence-corrected chi connectivity index (χ0v) is 17.2. The summed E-state index contributed by atoms with van der Waals surface area (Å²) in [6.07, 6.45) is 0. The van der Waals surface area contributed by atoms with Crippen LogP contribution in [0.3, 0.4) is 0 Å². The van der Waals surface area contributed by atoms with Gasteiger partial charge in [0.2, 0.25) is 5.91 Å². The van der Waals surface area contributed by atoms with Crippen LogP contribution in [0.2, 0.25) is 0 Å². The molecule has 0 saturated carbocycles. The highest BCUT2D eigenvalue weighted by molar-refractivity contribution is 9.10. The van der Waals surface area contributed by atoms with Gasteiger partial charge in [0.25, 0.3) is 5.69 Å². The number of carbonyl (C=O) groups excluding carboxylic acids is 1. The largest absolute Gasteiger partial charge is 0.320 e. The van der Waals surface area contributed by atoms with E-state index in [1.165, 1.54) is 23.9 Å². The molecular weight excluding hydrogens is 446 g/mol. The third kappa shape index (κ3) is 4.57. The summed E-state index contributed by atoms with van der Waals surface area (Å²) in [7, 11) is 0. The van der Waals surface area contributed by atoms with Crippen molar-refractivity contribution in [3.8, 4) is 11.4 Å². The van der Waals surface area contributed by atoms with Gasteiger partial charge in [-0.3, -0.25) is 14.9 Å². The molecule has 1 heterocycles. The number of rotatable bonds is 7. The number of nitrogens with one attached hydrogen (secondary N) is 1. The molecule has 8 nitrogen and oxygen atoms in total. The molecule has 0 unspecified atom stereocenters. The van der Waals surface area contributed by atoms with E-state index in [0.29, 0.717) is 11.7 Å². The van der Waals surface area contributed by atoms with Gasteiger partial charge in [0, 0.05) is 22.6 Å². The molecule has 0 aliphatic carbocycles. The third-order valence-corrected chi connectivity index (χ3v) is 5.34. The first-order valence-electron chi connectivity index (χ1n) is 8.34. The van der Waals surface area contributed by atoms with Crippen molar-refractivity contribution in [2.45, 2.75) is 18.6 Å². The van der Waals surface area contributed by atoms with Crippen molar-refractivity contribution < 1.29 is 9.72 Å². The van der Waals surface area contributed by atoms with E-state index in [1.54, 1.807) is 12.1 Å². The van der Waals surface area contributed by atoms with Crippen LogP contribution >= 0.6 is 27.7 Å². The standard InChI is InChI=1S/C18H16BrN5O3S/c1-2-23-17(12-7-9-13(19)10-8-12)21-22-18(23)28-11-16(25)20-14-5-3-4-6-15(14)24(26)27/h3-10H,2,11H2,1H3,(H,20,25). The van der Waals surface area contributed by atoms with Gasteiger partial charge in [-0.15, -0.1) is 10.2 Å². The summed E-state index contributed by atoms with van der Waals surface area (Å²) in [5.74, 6) is 0.427. The van der Waals surface area contributed by atoms with E-state index in [9.17, 15) is 14.9 Å². The molecule has 1 N–H and O–H groups in total. The molecule has 0 saturated heterocycles.